The van der Waals surface area contributed by atoms with Crippen molar-refractivity contribution in [1.29, 1.82) is 0 Å². The number of hydrogen-bond acceptors (Lipinski definition) is 5. The van der Waals surface area contributed by atoms with Gasteiger partial charge < -0.3 is 19.9 Å². The van der Waals surface area contributed by atoms with Crippen molar-refractivity contribution in [1.82, 2.24) is 10.2 Å². The van der Waals surface area contributed by atoms with Crippen molar-refractivity contribution >= 4 is 18.0 Å². The first kappa shape index (κ1) is 31.1. The molecule has 11 heteroatoms. The fraction of sp³-hybridized carbons (Fsp3) is 0.206. The van der Waals surface area contributed by atoms with Crippen LogP contribution in [0.15, 0.2) is 97.1 Å². The van der Waals surface area contributed by atoms with Gasteiger partial charge in [0.1, 0.15) is 24.1 Å². The lowest BCUT2D eigenvalue weighted by atomic mass is 9.92. The quantitative estimate of drug-likeness (QED) is 0.161. The first-order valence-corrected chi connectivity index (χ1v) is 14.1. The average Bonchev–Trinajstić information content (AvgIpc) is 3.03. The SMILES string of the molecule is O=C(CCNC(=O)[C@@H]1c2cc(OCc3ccc(C(F)(F)F)cc3)ccc2CCN1C(=O)O)Oc1ccc(-c2ccccc2)cc1. The summed E-state index contributed by atoms with van der Waals surface area (Å²) in [6, 6.07) is 25.1. The van der Waals surface area contributed by atoms with E-state index in [0.717, 1.165) is 33.7 Å². The standard InChI is InChI=1S/C34H29F3N2O6/c35-34(36,37)26-11-6-22(7-12-26)21-44-28-15-10-25-17-19-39(33(42)43)31(29(25)20-28)32(41)38-18-16-30(40)45-27-13-8-24(9-14-27)23-4-2-1-3-5-23/h1-15,20,31H,16-19,21H2,(H,38,41)(H,42,43)/t31-/m0/s1. The van der Waals surface area contributed by atoms with E-state index < -0.39 is 35.8 Å². The Morgan fingerprint density at radius 3 is 2.20 bits per heavy atom. The third-order valence-corrected chi connectivity index (χ3v) is 7.35. The summed E-state index contributed by atoms with van der Waals surface area (Å²) in [5.74, 6) is -0.507. The number of carbonyl (C=O) groups is 3. The summed E-state index contributed by atoms with van der Waals surface area (Å²) in [5.41, 5.74) is 2.90. The molecule has 0 radical (unpaired) electrons. The molecule has 2 amide bonds. The van der Waals surface area contributed by atoms with E-state index in [1.807, 2.05) is 42.5 Å². The fourth-order valence-electron chi connectivity index (χ4n) is 5.04. The Balaban J connectivity index is 1.20. The first-order valence-electron chi connectivity index (χ1n) is 14.1. The Labute approximate surface area is 257 Å². The van der Waals surface area contributed by atoms with Crippen LogP contribution in [0, 0.1) is 0 Å². The van der Waals surface area contributed by atoms with Crippen molar-refractivity contribution in [2.75, 3.05) is 13.1 Å². The molecule has 232 valence electrons. The first-order chi connectivity index (χ1) is 21.6. The summed E-state index contributed by atoms with van der Waals surface area (Å²) < 4.78 is 49.7. The molecule has 0 unspecified atom stereocenters. The van der Waals surface area contributed by atoms with Crippen molar-refractivity contribution < 1.29 is 42.1 Å². The van der Waals surface area contributed by atoms with Crippen molar-refractivity contribution in [3.8, 4) is 22.6 Å². The summed E-state index contributed by atoms with van der Waals surface area (Å²) >= 11 is 0. The minimum atomic E-state index is -4.45. The average molecular weight is 619 g/mol. The smallest absolute Gasteiger partial charge is 0.416 e. The van der Waals surface area contributed by atoms with Gasteiger partial charge in [0.2, 0.25) is 5.91 Å². The predicted octanol–water partition coefficient (Wildman–Crippen LogP) is 6.64. The number of carboxylic acid groups (broad SMARTS) is 1. The molecule has 0 fully saturated rings. The number of rotatable bonds is 9. The van der Waals surface area contributed by atoms with E-state index in [9.17, 15) is 32.7 Å². The molecule has 0 saturated heterocycles. The number of ether oxygens (including phenoxy) is 2. The van der Waals surface area contributed by atoms with Gasteiger partial charge in [-0.2, -0.15) is 13.2 Å². The molecule has 0 aromatic heterocycles. The fourth-order valence-corrected chi connectivity index (χ4v) is 5.04. The maximum absolute atomic E-state index is 13.3. The van der Waals surface area contributed by atoms with Crippen molar-refractivity contribution in [3.05, 3.63) is 119 Å². The third kappa shape index (κ3) is 7.80. The van der Waals surface area contributed by atoms with Gasteiger partial charge >= 0.3 is 18.2 Å². The van der Waals surface area contributed by atoms with E-state index in [2.05, 4.69) is 5.32 Å². The Morgan fingerprint density at radius 2 is 1.53 bits per heavy atom. The highest BCUT2D eigenvalue weighted by Crippen LogP contribution is 2.34. The molecule has 0 saturated carbocycles. The molecule has 4 aromatic carbocycles. The lowest BCUT2D eigenvalue weighted by molar-refractivity contribution is -0.137. The molecule has 45 heavy (non-hydrogen) atoms. The van der Waals surface area contributed by atoms with Crippen LogP contribution >= 0.6 is 0 Å². The number of halogens is 3. The Morgan fingerprint density at radius 1 is 0.867 bits per heavy atom. The zero-order chi connectivity index (χ0) is 32.0. The number of benzene rings is 4. The van der Waals surface area contributed by atoms with Crippen LogP contribution in [-0.4, -0.2) is 41.1 Å². The van der Waals surface area contributed by atoms with Crippen LogP contribution < -0.4 is 14.8 Å². The van der Waals surface area contributed by atoms with E-state index in [0.29, 0.717) is 29.0 Å². The number of carbonyl (C=O) groups excluding carboxylic acids is 2. The van der Waals surface area contributed by atoms with Crippen molar-refractivity contribution in [3.63, 3.8) is 0 Å². The number of esters is 1. The van der Waals surface area contributed by atoms with Crippen LogP contribution in [0.2, 0.25) is 0 Å². The van der Waals surface area contributed by atoms with Crippen molar-refractivity contribution in [2.45, 2.75) is 31.7 Å². The summed E-state index contributed by atoms with van der Waals surface area (Å²) in [7, 11) is 0. The zero-order valence-electron chi connectivity index (χ0n) is 23.9. The predicted molar refractivity (Wildman–Crippen MR) is 159 cm³/mol. The normalized spacial score (nSPS) is 14.3. The molecule has 0 spiro atoms. The van der Waals surface area contributed by atoms with Crippen LogP contribution in [0.5, 0.6) is 11.5 Å². The monoisotopic (exact) mass is 618 g/mol. The Hall–Kier alpha value is -5.32. The van der Waals surface area contributed by atoms with Gasteiger partial charge in [0.05, 0.1) is 12.0 Å². The van der Waals surface area contributed by atoms with E-state index in [1.165, 1.54) is 12.1 Å². The number of amides is 2. The molecule has 8 nitrogen and oxygen atoms in total. The van der Waals surface area contributed by atoms with Crippen LogP contribution in [-0.2, 0) is 28.8 Å². The molecule has 1 atom stereocenters. The maximum atomic E-state index is 13.3. The summed E-state index contributed by atoms with van der Waals surface area (Å²) in [4.78, 5) is 38.8. The van der Waals surface area contributed by atoms with Gasteiger partial charge in [0.25, 0.3) is 0 Å². The zero-order valence-corrected chi connectivity index (χ0v) is 23.9. The van der Waals surface area contributed by atoms with E-state index in [1.54, 1.807) is 30.3 Å². The minimum absolute atomic E-state index is 0.0342. The highest BCUT2D eigenvalue weighted by Gasteiger charge is 2.36. The second-order valence-electron chi connectivity index (χ2n) is 10.4. The molecular formula is C34H29F3N2O6. The highest BCUT2D eigenvalue weighted by atomic mass is 19.4. The topological polar surface area (TPSA) is 105 Å². The lowest BCUT2D eigenvalue weighted by Gasteiger charge is -2.34. The number of nitrogens with zero attached hydrogens (tertiary/aromatic N) is 1. The molecule has 4 aromatic rings. The summed E-state index contributed by atoms with van der Waals surface area (Å²) in [6.45, 7) is -0.0239. The third-order valence-electron chi connectivity index (χ3n) is 7.35. The molecule has 2 N–H and O–H groups in total. The molecule has 5 rings (SSSR count). The van der Waals surface area contributed by atoms with Gasteiger partial charge in [-0.1, -0.05) is 60.7 Å². The number of hydrogen-bond donors (Lipinski definition) is 2. The highest BCUT2D eigenvalue weighted by molar-refractivity contribution is 5.88. The van der Waals surface area contributed by atoms with E-state index in [4.69, 9.17) is 9.47 Å². The molecule has 1 aliphatic rings. The van der Waals surface area contributed by atoms with Crippen LogP contribution in [0.4, 0.5) is 18.0 Å². The molecule has 0 bridgehead atoms. The number of nitrogens with one attached hydrogen (secondary N) is 1. The number of fused-ring (bicyclic) bond motifs is 1. The number of alkyl halides is 3. The van der Waals surface area contributed by atoms with Gasteiger partial charge in [0, 0.05) is 13.1 Å². The lowest BCUT2D eigenvalue weighted by Crippen LogP contribution is -2.47. The maximum Gasteiger partial charge on any atom is 0.416 e. The van der Waals surface area contributed by atoms with E-state index >= 15 is 0 Å². The largest absolute Gasteiger partial charge is 0.489 e. The van der Waals surface area contributed by atoms with Crippen molar-refractivity contribution in [2.24, 2.45) is 0 Å². The van der Waals surface area contributed by atoms with E-state index in [-0.39, 0.29) is 26.1 Å². The van der Waals surface area contributed by atoms with Crippen LogP contribution in [0.1, 0.15) is 34.7 Å². The van der Waals surface area contributed by atoms with Gasteiger partial charge in [0.15, 0.2) is 0 Å². The second kappa shape index (κ2) is 13.5. The van der Waals surface area contributed by atoms with Gasteiger partial charge in [-0.3, -0.25) is 14.5 Å². The minimum Gasteiger partial charge on any atom is -0.489 e. The Bertz CT molecular complexity index is 1660. The summed E-state index contributed by atoms with van der Waals surface area (Å²) in [6.07, 6.45) is -5.50. The molecule has 0 aliphatic carbocycles. The Kier molecular flexibility index (Phi) is 9.36. The molecular weight excluding hydrogens is 589 g/mol. The summed E-state index contributed by atoms with van der Waals surface area (Å²) in [5, 5.41) is 12.5. The van der Waals surface area contributed by atoms with Gasteiger partial charge in [-0.15, -0.1) is 0 Å². The van der Waals surface area contributed by atoms with Crippen LogP contribution in [0.3, 0.4) is 0 Å². The molecule has 1 aliphatic heterocycles. The van der Waals surface area contributed by atoms with Gasteiger partial charge in [-0.25, -0.2) is 4.79 Å². The van der Waals surface area contributed by atoms with Crippen LogP contribution in [0.25, 0.3) is 11.1 Å². The molecule has 1 heterocycles. The second-order valence-corrected chi connectivity index (χ2v) is 10.4. The van der Waals surface area contributed by atoms with Gasteiger partial charge in [-0.05, 0) is 70.6 Å².